The van der Waals surface area contributed by atoms with Crippen LogP contribution >= 0.6 is 11.6 Å². The zero-order valence-corrected chi connectivity index (χ0v) is 7.90. The molecule has 3 N–H and O–H groups in total. The van der Waals surface area contributed by atoms with Gasteiger partial charge in [0.1, 0.15) is 5.75 Å². The van der Waals surface area contributed by atoms with Gasteiger partial charge in [0.15, 0.2) is 0 Å². The molecule has 1 heterocycles. The minimum Gasteiger partial charge on any atom is -0.493 e. The molecule has 0 saturated heterocycles. The van der Waals surface area contributed by atoms with Crippen LogP contribution in [0.15, 0.2) is 12.1 Å². The highest BCUT2D eigenvalue weighted by Crippen LogP contribution is 2.32. The molecule has 0 amide bonds. The van der Waals surface area contributed by atoms with Gasteiger partial charge in [-0.2, -0.15) is 0 Å². The summed E-state index contributed by atoms with van der Waals surface area (Å²) in [7, 11) is 0. The fraction of sp³-hybridized carbons (Fsp3) is 0.333. The standard InChI is InChI=1S/C9H11ClN2O/c10-8-3-6-1-2-13-9(6)7(4-8)5-12-11/h3-4,12H,1-2,5,11H2. The van der Waals surface area contributed by atoms with Crippen molar-refractivity contribution in [1.29, 1.82) is 0 Å². The average molecular weight is 199 g/mol. The van der Waals surface area contributed by atoms with E-state index in [1.165, 1.54) is 5.56 Å². The van der Waals surface area contributed by atoms with Crippen LogP contribution in [0.25, 0.3) is 0 Å². The van der Waals surface area contributed by atoms with Crippen molar-refractivity contribution in [1.82, 2.24) is 5.43 Å². The van der Waals surface area contributed by atoms with Gasteiger partial charge in [0.2, 0.25) is 0 Å². The maximum Gasteiger partial charge on any atom is 0.127 e. The van der Waals surface area contributed by atoms with Crippen LogP contribution in [-0.2, 0) is 13.0 Å². The fourth-order valence-electron chi connectivity index (χ4n) is 1.59. The van der Waals surface area contributed by atoms with Crippen molar-refractivity contribution in [2.45, 2.75) is 13.0 Å². The maximum atomic E-state index is 5.94. The smallest absolute Gasteiger partial charge is 0.127 e. The van der Waals surface area contributed by atoms with Crippen molar-refractivity contribution in [3.63, 3.8) is 0 Å². The molecular formula is C9H11ClN2O. The van der Waals surface area contributed by atoms with E-state index in [9.17, 15) is 0 Å². The van der Waals surface area contributed by atoms with Gasteiger partial charge in [0.05, 0.1) is 6.61 Å². The summed E-state index contributed by atoms with van der Waals surface area (Å²) in [4.78, 5) is 0. The molecule has 13 heavy (non-hydrogen) atoms. The number of hydrogen-bond acceptors (Lipinski definition) is 3. The molecule has 2 rings (SSSR count). The Morgan fingerprint density at radius 3 is 3.15 bits per heavy atom. The van der Waals surface area contributed by atoms with E-state index in [0.717, 1.165) is 29.4 Å². The molecule has 0 aliphatic carbocycles. The van der Waals surface area contributed by atoms with Crippen molar-refractivity contribution in [2.24, 2.45) is 5.84 Å². The van der Waals surface area contributed by atoms with Gasteiger partial charge in [0.25, 0.3) is 0 Å². The van der Waals surface area contributed by atoms with Crippen molar-refractivity contribution in [3.05, 3.63) is 28.3 Å². The number of rotatable bonds is 2. The van der Waals surface area contributed by atoms with E-state index < -0.39 is 0 Å². The van der Waals surface area contributed by atoms with Gasteiger partial charge in [-0.3, -0.25) is 11.3 Å². The van der Waals surface area contributed by atoms with Gasteiger partial charge in [0, 0.05) is 23.6 Å². The summed E-state index contributed by atoms with van der Waals surface area (Å²) in [5.41, 5.74) is 4.81. The molecule has 1 aliphatic rings. The van der Waals surface area contributed by atoms with Crippen molar-refractivity contribution in [3.8, 4) is 5.75 Å². The highest BCUT2D eigenvalue weighted by molar-refractivity contribution is 6.30. The molecule has 0 atom stereocenters. The summed E-state index contributed by atoms with van der Waals surface area (Å²) in [6, 6.07) is 3.83. The van der Waals surface area contributed by atoms with Crippen LogP contribution in [0.3, 0.4) is 0 Å². The first-order chi connectivity index (χ1) is 6.31. The molecule has 0 fully saturated rings. The molecule has 70 valence electrons. The summed E-state index contributed by atoms with van der Waals surface area (Å²) in [6.07, 6.45) is 0.938. The number of benzene rings is 1. The topological polar surface area (TPSA) is 47.3 Å². The fourth-order valence-corrected chi connectivity index (χ4v) is 1.85. The second-order valence-corrected chi connectivity index (χ2v) is 3.47. The number of nitrogens with two attached hydrogens (primary N) is 1. The van der Waals surface area contributed by atoms with Gasteiger partial charge < -0.3 is 4.74 Å². The molecule has 1 aromatic rings. The number of hydrazine groups is 1. The van der Waals surface area contributed by atoms with E-state index in [1.807, 2.05) is 12.1 Å². The molecule has 1 aromatic carbocycles. The first-order valence-electron chi connectivity index (χ1n) is 4.19. The highest BCUT2D eigenvalue weighted by atomic mass is 35.5. The average Bonchev–Trinajstić information content (AvgIpc) is 2.52. The Hall–Kier alpha value is -0.770. The van der Waals surface area contributed by atoms with Crippen LogP contribution in [0.1, 0.15) is 11.1 Å². The Labute approximate surface area is 81.8 Å². The zero-order valence-electron chi connectivity index (χ0n) is 7.14. The number of nitrogens with one attached hydrogen (secondary N) is 1. The first kappa shape index (κ1) is 8.81. The second-order valence-electron chi connectivity index (χ2n) is 3.03. The molecule has 0 unspecified atom stereocenters. The molecule has 0 bridgehead atoms. The number of halogens is 1. The Kier molecular flexibility index (Phi) is 2.40. The monoisotopic (exact) mass is 198 g/mol. The lowest BCUT2D eigenvalue weighted by molar-refractivity contribution is 0.352. The first-order valence-corrected chi connectivity index (χ1v) is 4.56. The van der Waals surface area contributed by atoms with Gasteiger partial charge in [-0.1, -0.05) is 11.6 Å². The molecular weight excluding hydrogens is 188 g/mol. The third kappa shape index (κ3) is 1.63. The molecule has 4 heteroatoms. The second kappa shape index (κ2) is 3.54. The predicted molar refractivity (Wildman–Crippen MR) is 51.7 cm³/mol. The van der Waals surface area contributed by atoms with Crippen molar-refractivity contribution in [2.75, 3.05) is 6.61 Å². The quantitative estimate of drug-likeness (QED) is 0.555. The van der Waals surface area contributed by atoms with E-state index >= 15 is 0 Å². The lowest BCUT2D eigenvalue weighted by atomic mass is 10.1. The van der Waals surface area contributed by atoms with E-state index in [-0.39, 0.29) is 0 Å². The minimum absolute atomic E-state index is 0.586. The predicted octanol–water partition coefficient (Wildman–Crippen LogP) is 1.24. The number of fused-ring (bicyclic) bond motifs is 1. The van der Waals surface area contributed by atoms with Crippen LogP contribution in [0.2, 0.25) is 5.02 Å². The van der Waals surface area contributed by atoms with Gasteiger partial charge in [-0.25, -0.2) is 0 Å². The van der Waals surface area contributed by atoms with Gasteiger partial charge >= 0.3 is 0 Å². The third-order valence-electron chi connectivity index (χ3n) is 2.12. The SMILES string of the molecule is NNCc1cc(Cl)cc2c1OCC2. The lowest BCUT2D eigenvalue weighted by Gasteiger charge is -2.07. The highest BCUT2D eigenvalue weighted by Gasteiger charge is 2.16. The van der Waals surface area contributed by atoms with E-state index in [0.29, 0.717) is 6.54 Å². The van der Waals surface area contributed by atoms with Crippen LogP contribution in [0, 0.1) is 0 Å². The van der Waals surface area contributed by atoms with Crippen molar-refractivity contribution < 1.29 is 4.74 Å². The zero-order chi connectivity index (χ0) is 9.26. The number of ether oxygens (including phenoxy) is 1. The Morgan fingerprint density at radius 1 is 1.54 bits per heavy atom. The van der Waals surface area contributed by atoms with Gasteiger partial charge in [-0.15, -0.1) is 0 Å². The van der Waals surface area contributed by atoms with E-state index in [1.54, 1.807) is 0 Å². The molecule has 0 radical (unpaired) electrons. The summed E-state index contributed by atoms with van der Waals surface area (Å²) >= 11 is 5.94. The number of hydrogen-bond donors (Lipinski definition) is 2. The van der Waals surface area contributed by atoms with E-state index in [4.69, 9.17) is 22.2 Å². The maximum absolute atomic E-state index is 5.94. The molecule has 1 aliphatic heterocycles. The third-order valence-corrected chi connectivity index (χ3v) is 2.34. The van der Waals surface area contributed by atoms with Crippen molar-refractivity contribution >= 4 is 11.6 Å². The Balaban J connectivity index is 2.43. The van der Waals surface area contributed by atoms with Crippen LogP contribution in [-0.4, -0.2) is 6.61 Å². The summed E-state index contributed by atoms with van der Waals surface area (Å²) in [6.45, 7) is 1.33. The lowest BCUT2D eigenvalue weighted by Crippen LogP contribution is -2.21. The molecule has 0 spiro atoms. The molecule has 0 saturated carbocycles. The normalized spacial score (nSPS) is 14.0. The Morgan fingerprint density at radius 2 is 2.38 bits per heavy atom. The molecule has 0 aromatic heterocycles. The van der Waals surface area contributed by atoms with Crippen LogP contribution in [0.5, 0.6) is 5.75 Å². The summed E-state index contributed by atoms with van der Waals surface area (Å²) < 4.78 is 5.48. The van der Waals surface area contributed by atoms with Crippen LogP contribution in [0.4, 0.5) is 0 Å². The molecule has 3 nitrogen and oxygen atoms in total. The van der Waals surface area contributed by atoms with E-state index in [2.05, 4.69) is 5.43 Å². The largest absolute Gasteiger partial charge is 0.493 e. The van der Waals surface area contributed by atoms with Crippen LogP contribution < -0.4 is 16.0 Å². The summed E-state index contributed by atoms with van der Waals surface area (Å²) in [5.74, 6) is 6.20. The Bertz CT molecular complexity index is 328. The minimum atomic E-state index is 0.586. The summed E-state index contributed by atoms with van der Waals surface area (Å²) in [5, 5.41) is 0.745. The van der Waals surface area contributed by atoms with Gasteiger partial charge in [-0.05, 0) is 17.7 Å².